The zero-order chi connectivity index (χ0) is 23.0. The first-order valence-electron chi connectivity index (χ1n) is 10.2. The van der Waals surface area contributed by atoms with E-state index in [0.717, 1.165) is 28.1 Å². The van der Waals surface area contributed by atoms with E-state index in [-0.39, 0.29) is 12.4 Å². The van der Waals surface area contributed by atoms with Crippen molar-refractivity contribution < 1.29 is 9.13 Å². The van der Waals surface area contributed by atoms with Gasteiger partial charge in [-0.1, -0.05) is 18.2 Å². The molecule has 0 radical (unpaired) electrons. The van der Waals surface area contributed by atoms with Crippen LogP contribution in [0.3, 0.4) is 0 Å². The van der Waals surface area contributed by atoms with Gasteiger partial charge in [0.1, 0.15) is 0 Å². The van der Waals surface area contributed by atoms with Gasteiger partial charge in [0.2, 0.25) is 0 Å². The average molecular weight is 426 g/mol. The Kier molecular flexibility index (Phi) is 8.75. The van der Waals surface area contributed by atoms with E-state index in [0.29, 0.717) is 30.0 Å². The zero-order valence-electron chi connectivity index (χ0n) is 18.9. The third-order valence-corrected chi connectivity index (χ3v) is 5.12. The second-order valence-electron chi connectivity index (χ2n) is 7.21. The highest BCUT2D eigenvalue weighted by Gasteiger charge is 2.16. The van der Waals surface area contributed by atoms with Crippen molar-refractivity contribution >= 4 is 17.1 Å². The smallest absolute Gasteiger partial charge is 0.165 e. The van der Waals surface area contributed by atoms with E-state index in [2.05, 4.69) is 16.0 Å². The highest BCUT2D eigenvalue weighted by atomic mass is 19.1. The van der Waals surface area contributed by atoms with Gasteiger partial charge in [-0.2, -0.15) is 0 Å². The molecule has 2 aromatic carbocycles. The molecule has 31 heavy (non-hydrogen) atoms. The molecule has 0 bridgehead atoms. The summed E-state index contributed by atoms with van der Waals surface area (Å²) in [5, 5.41) is 25.5. The number of benzene rings is 2. The molecule has 0 saturated carbocycles. The van der Waals surface area contributed by atoms with Crippen LogP contribution in [0, 0.1) is 16.6 Å². The summed E-state index contributed by atoms with van der Waals surface area (Å²) in [5.74, 6) is -0.264. The molecule has 0 unspecified atom stereocenters. The average Bonchev–Trinajstić information content (AvgIpc) is 2.76. The SMILES string of the molecule is CNCC(=N)c1cc(-c2cccc(F)c2OCC/C(C(C)=N)=C(\C)NC)ccc1NC. The Morgan fingerprint density at radius 1 is 1.06 bits per heavy atom. The van der Waals surface area contributed by atoms with Crippen molar-refractivity contribution in [3.8, 4) is 16.9 Å². The van der Waals surface area contributed by atoms with Crippen molar-refractivity contribution in [1.82, 2.24) is 10.6 Å². The molecule has 0 aliphatic heterocycles. The molecule has 0 aliphatic rings. The Bertz CT molecular complexity index is 984. The molecule has 6 nitrogen and oxygen atoms in total. The molecule has 7 heteroatoms. The standard InChI is InChI=1S/C24H32FN5O/c1-15(26)18(16(2)29-4)11-12-31-24-19(7-6-8-21(24)25)17-9-10-23(30-5)20(13-17)22(27)14-28-3/h6-10,13,26-30H,11-12,14H2,1-5H3/b18-16-,26-15?,27-22?. The lowest BCUT2D eigenvalue weighted by atomic mass is 9.98. The monoisotopic (exact) mass is 425 g/mol. The van der Waals surface area contributed by atoms with Crippen LogP contribution < -0.4 is 20.7 Å². The van der Waals surface area contributed by atoms with Crippen LogP contribution in [0.2, 0.25) is 0 Å². The van der Waals surface area contributed by atoms with Crippen molar-refractivity contribution in [3.63, 3.8) is 0 Å². The minimum atomic E-state index is -0.440. The lowest BCUT2D eigenvalue weighted by Crippen LogP contribution is -2.19. The first-order chi connectivity index (χ1) is 14.8. The normalized spacial score (nSPS) is 11.5. The number of hydrogen-bond donors (Lipinski definition) is 5. The molecular weight excluding hydrogens is 393 g/mol. The van der Waals surface area contributed by atoms with Crippen molar-refractivity contribution in [2.24, 2.45) is 0 Å². The number of halogens is 1. The van der Waals surface area contributed by atoms with E-state index in [4.69, 9.17) is 15.6 Å². The summed E-state index contributed by atoms with van der Waals surface area (Å²) >= 11 is 0. The van der Waals surface area contributed by atoms with Gasteiger partial charge in [-0.15, -0.1) is 0 Å². The third-order valence-electron chi connectivity index (χ3n) is 5.12. The highest BCUT2D eigenvalue weighted by molar-refractivity contribution is 6.05. The number of rotatable bonds is 11. The largest absolute Gasteiger partial charge is 0.490 e. The fourth-order valence-corrected chi connectivity index (χ4v) is 3.40. The number of nitrogens with one attached hydrogen (secondary N) is 5. The molecule has 5 N–H and O–H groups in total. The van der Waals surface area contributed by atoms with E-state index < -0.39 is 5.82 Å². The summed E-state index contributed by atoms with van der Waals surface area (Å²) in [5.41, 5.74) is 5.63. The van der Waals surface area contributed by atoms with Crippen molar-refractivity contribution in [1.29, 1.82) is 10.8 Å². The Morgan fingerprint density at radius 2 is 1.81 bits per heavy atom. The fraction of sp³-hybridized carbons (Fsp3) is 0.333. The molecule has 2 aromatic rings. The van der Waals surface area contributed by atoms with Crippen LogP contribution in [0.5, 0.6) is 5.75 Å². The summed E-state index contributed by atoms with van der Waals surface area (Å²) in [6, 6.07) is 10.5. The van der Waals surface area contributed by atoms with Gasteiger partial charge in [-0.05, 0) is 50.2 Å². The Balaban J connectivity index is 2.38. The summed E-state index contributed by atoms with van der Waals surface area (Å²) in [6.45, 7) is 4.31. The quantitative estimate of drug-likeness (QED) is 0.345. The van der Waals surface area contributed by atoms with Crippen molar-refractivity contribution in [2.75, 3.05) is 39.6 Å². The van der Waals surface area contributed by atoms with Crippen LogP contribution >= 0.6 is 0 Å². The van der Waals surface area contributed by atoms with Crippen LogP contribution in [0.4, 0.5) is 10.1 Å². The van der Waals surface area contributed by atoms with Gasteiger partial charge >= 0.3 is 0 Å². The van der Waals surface area contributed by atoms with Gasteiger partial charge in [-0.3, -0.25) is 0 Å². The minimum absolute atomic E-state index is 0.176. The third kappa shape index (κ3) is 5.92. The Hall–Kier alpha value is -3.19. The number of allylic oxidation sites excluding steroid dienone is 1. The first-order valence-corrected chi connectivity index (χ1v) is 10.2. The summed E-state index contributed by atoms with van der Waals surface area (Å²) in [4.78, 5) is 0. The van der Waals surface area contributed by atoms with Gasteiger partial charge in [0.15, 0.2) is 11.6 Å². The van der Waals surface area contributed by atoms with Gasteiger partial charge in [0.05, 0.1) is 12.3 Å². The van der Waals surface area contributed by atoms with Crippen molar-refractivity contribution in [3.05, 3.63) is 59.0 Å². The molecular formula is C24H32FN5O. The van der Waals surface area contributed by atoms with E-state index in [1.165, 1.54) is 6.07 Å². The van der Waals surface area contributed by atoms with Crippen LogP contribution in [0.1, 0.15) is 25.8 Å². The number of ether oxygens (including phenoxy) is 1. The Morgan fingerprint density at radius 3 is 2.42 bits per heavy atom. The van der Waals surface area contributed by atoms with Gasteiger partial charge in [-0.25, -0.2) is 4.39 Å². The maximum Gasteiger partial charge on any atom is 0.165 e. The maximum absolute atomic E-state index is 14.7. The van der Waals surface area contributed by atoms with E-state index in [1.807, 2.05) is 45.3 Å². The molecule has 0 fully saturated rings. The number of para-hydroxylation sites is 1. The molecule has 0 aromatic heterocycles. The number of anilines is 1. The molecule has 0 spiro atoms. The minimum Gasteiger partial charge on any atom is -0.490 e. The molecule has 0 aliphatic carbocycles. The first kappa shape index (κ1) is 24.1. The summed E-state index contributed by atoms with van der Waals surface area (Å²) < 4.78 is 20.6. The van der Waals surface area contributed by atoms with Gasteiger partial charge in [0, 0.05) is 55.3 Å². The molecule has 166 valence electrons. The molecule has 0 heterocycles. The van der Waals surface area contributed by atoms with Crippen molar-refractivity contribution in [2.45, 2.75) is 20.3 Å². The van der Waals surface area contributed by atoms with E-state index in [9.17, 15) is 4.39 Å². The number of hydrogen-bond acceptors (Lipinski definition) is 6. The lowest BCUT2D eigenvalue weighted by molar-refractivity contribution is 0.307. The lowest BCUT2D eigenvalue weighted by Gasteiger charge is -2.17. The van der Waals surface area contributed by atoms with Crippen LogP contribution in [-0.4, -0.2) is 45.7 Å². The predicted octanol–water partition coefficient (Wildman–Crippen LogP) is 4.42. The molecule has 0 amide bonds. The topological polar surface area (TPSA) is 93.0 Å². The second kappa shape index (κ2) is 11.3. The Labute approximate surface area is 183 Å². The molecule has 2 rings (SSSR count). The maximum atomic E-state index is 14.7. The summed E-state index contributed by atoms with van der Waals surface area (Å²) in [6.07, 6.45) is 0.493. The highest BCUT2D eigenvalue weighted by Crippen LogP contribution is 2.34. The molecule has 0 atom stereocenters. The van der Waals surface area contributed by atoms with Crippen LogP contribution in [0.25, 0.3) is 11.1 Å². The van der Waals surface area contributed by atoms with Gasteiger partial charge < -0.3 is 31.5 Å². The summed E-state index contributed by atoms with van der Waals surface area (Å²) in [7, 11) is 5.42. The van der Waals surface area contributed by atoms with Crippen LogP contribution in [0.15, 0.2) is 47.7 Å². The van der Waals surface area contributed by atoms with Crippen LogP contribution in [-0.2, 0) is 0 Å². The fourth-order valence-electron chi connectivity index (χ4n) is 3.40. The van der Waals surface area contributed by atoms with E-state index >= 15 is 0 Å². The zero-order valence-corrected chi connectivity index (χ0v) is 18.9. The van der Waals surface area contributed by atoms with E-state index in [1.54, 1.807) is 20.0 Å². The van der Waals surface area contributed by atoms with Gasteiger partial charge in [0.25, 0.3) is 0 Å². The number of likely N-dealkylation sites (N-methyl/N-ethyl adjacent to an activating group) is 1. The predicted molar refractivity (Wildman–Crippen MR) is 127 cm³/mol. The molecule has 0 saturated heterocycles. The second-order valence-corrected chi connectivity index (χ2v) is 7.21.